The Morgan fingerprint density at radius 2 is 1.87 bits per heavy atom. The number of hydrogen-bond acceptors (Lipinski definition) is 6. The summed E-state index contributed by atoms with van der Waals surface area (Å²) in [7, 11) is 0. The number of aromatic nitrogens is 3. The number of ether oxygens (including phenoxy) is 1. The van der Waals surface area contributed by atoms with Crippen LogP contribution >= 0.6 is 11.8 Å². The number of thioether (sulfide) groups is 1. The predicted molar refractivity (Wildman–Crippen MR) is 121 cm³/mol. The molecule has 0 N–H and O–H groups in total. The van der Waals surface area contributed by atoms with Crippen LogP contribution in [-0.4, -0.2) is 63.6 Å². The summed E-state index contributed by atoms with van der Waals surface area (Å²) in [4.78, 5) is 25.4. The number of nitrogens with zero attached hydrogens (tertiary/aromatic N) is 5. The number of rotatable bonds is 3. The van der Waals surface area contributed by atoms with Crippen LogP contribution in [0.2, 0.25) is 0 Å². The normalized spacial score (nSPS) is 14.9. The number of fused-ring (bicyclic) bond motifs is 1. The van der Waals surface area contributed by atoms with Crippen molar-refractivity contribution < 1.29 is 9.53 Å². The summed E-state index contributed by atoms with van der Waals surface area (Å²) in [5.41, 5.74) is 1.81. The molecule has 1 aromatic carbocycles. The molecule has 1 aliphatic rings. The summed E-state index contributed by atoms with van der Waals surface area (Å²) in [6.45, 7) is 8.52. The fourth-order valence-electron chi connectivity index (χ4n) is 3.65. The molecule has 0 atom stereocenters. The molecule has 1 fully saturated rings. The smallest absolute Gasteiger partial charge is 0.410 e. The molecule has 0 unspecified atom stereocenters. The Balaban J connectivity index is 1.55. The Kier molecular flexibility index (Phi) is 5.60. The standard InChI is InChI=1S/C22H27N5O2S/c1-22(2,3)29-21(28)26-14-12-25(13-15-26)17-6-5-7-18-16(17)9-11-27(18)19-8-10-23-20(24-19)30-4/h5-11H,12-15H2,1-4H3. The molecule has 1 saturated heterocycles. The van der Waals surface area contributed by atoms with E-state index >= 15 is 0 Å². The molecule has 158 valence electrons. The van der Waals surface area contributed by atoms with Gasteiger partial charge in [0.15, 0.2) is 5.16 Å². The van der Waals surface area contributed by atoms with Crippen LogP contribution in [0.1, 0.15) is 20.8 Å². The average molecular weight is 426 g/mol. The van der Waals surface area contributed by atoms with Gasteiger partial charge in [0.25, 0.3) is 0 Å². The first-order chi connectivity index (χ1) is 14.4. The Morgan fingerprint density at radius 3 is 2.57 bits per heavy atom. The van der Waals surface area contributed by atoms with Gasteiger partial charge in [0.05, 0.1) is 5.52 Å². The predicted octanol–water partition coefficient (Wildman–Crippen LogP) is 4.20. The van der Waals surface area contributed by atoms with Gasteiger partial charge < -0.3 is 19.1 Å². The Bertz CT molecular complexity index is 1050. The lowest BCUT2D eigenvalue weighted by Gasteiger charge is -2.37. The van der Waals surface area contributed by atoms with Gasteiger partial charge in [-0.2, -0.15) is 0 Å². The fraction of sp³-hybridized carbons (Fsp3) is 0.409. The molecule has 4 rings (SSSR count). The van der Waals surface area contributed by atoms with Gasteiger partial charge in [0, 0.05) is 49.6 Å². The first-order valence-corrected chi connectivity index (χ1v) is 11.3. The molecule has 1 amide bonds. The first kappa shape index (κ1) is 20.5. The van der Waals surface area contributed by atoms with E-state index in [0.717, 1.165) is 29.6 Å². The summed E-state index contributed by atoms with van der Waals surface area (Å²) in [6, 6.07) is 10.4. The lowest BCUT2D eigenvalue weighted by atomic mass is 10.1. The van der Waals surface area contributed by atoms with E-state index in [-0.39, 0.29) is 6.09 Å². The number of amides is 1. The third-order valence-corrected chi connectivity index (χ3v) is 5.59. The summed E-state index contributed by atoms with van der Waals surface area (Å²) in [5.74, 6) is 0.858. The first-order valence-electron chi connectivity index (χ1n) is 10.1. The summed E-state index contributed by atoms with van der Waals surface area (Å²) < 4.78 is 7.61. The molecule has 30 heavy (non-hydrogen) atoms. The maximum Gasteiger partial charge on any atom is 0.410 e. The molecule has 8 heteroatoms. The topological polar surface area (TPSA) is 63.5 Å². The summed E-state index contributed by atoms with van der Waals surface area (Å²) >= 11 is 1.53. The van der Waals surface area contributed by atoms with E-state index in [2.05, 4.69) is 49.9 Å². The zero-order valence-corrected chi connectivity index (χ0v) is 18.6. The Hall–Kier alpha value is -2.74. The second kappa shape index (κ2) is 8.18. The molecule has 0 radical (unpaired) electrons. The van der Waals surface area contributed by atoms with Crippen LogP contribution in [-0.2, 0) is 4.74 Å². The number of benzene rings is 1. The molecule has 2 aromatic heterocycles. The van der Waals surface area contributed by atoms with Crippen molar-refractivity contribution in [2.24, 2.45) is 0 Å². The van der Waals surface area contributed by atoms with Crippen LogP contribution in [0.25, 0.3) is 16.7 Å². The molecule has 1 aliphatic heterocycles. The number of carbonyl (C=O) groups is 1. The van der Waals surface area contributed by atoms with E-state index in [1.807, 2.05) is 33.1 Å². The number of anilines is 1. The fourth-order valence-corrected chi connectivity index (χ4v) is 4.00. The molecule has 3 aromatic rings. The highest BCUT2D eigenvalue weighted by Crippen LogP contribution is 2.30. The Labute approximate surface area is 181 Å². The van der Waals surface area contributed by atoms with E-state index in [4.69, 9.17) is 4.74 Å². The van der Waals surface area contributed by atoms with Crippen LogP contribution in [0.3, 0.4) is 0 Å². The quantitative estimate of drug-likeness (QED) is 0.463. The lowest BCUT2D eigenvalue weighted by molar-refractivity contribution is 0.0240. The minimum Gasteiger partial charge on any atom is -0.444 e. The number of hydrogen-bond donors (Lipinski definition) is 0. The molecular weight excluding hydrogens is 398 g/mol. The van der Waals surface area contributed by atoms with Crippen LogP contribution in [0.4, 0.5) is 10.5 Å². The molecule has 3 heterocycles. The highest BCUT2D eigenvalue weighted by molar-refractivity contribution is 7.98. The van der Waals surface area contributed by atoms with Crippen LogP contribution < -0.4 is 4.90 Å². The van der Waals surface area contributed by atoms with Crippen molar-refractivity contribution in [3.63, 3.8) is 0 Å². The minimum absolute atomic E-state index is 0.236. The van der Waals surface area contributed by atoms with Gasteiger partial charge in [-0.3, -0.25) is 0 Å². The van der Waals surface area contributed by atoms with E-state index < -0.39 is 5.60 Å². The monoisotopic (exact) mass is 425 g/mol. The zero-order chi connectivity index (χ0) is 21.3. The second-order valence-corrected chi connectivity index (χ2v) is 9.03. The van der Waals surface area contributed by atoms with Gasteiger partial charge in [0.2, 0.25) is 0 Å². The highest BCUT2D eigenvalue weighted by Gasteiger charge is 2.26. The van der Waals surface area contributed by atoms with E-state index in [1.165, 1.54) is 22.8 Å². The van der Waals surface area contributed by atoms with Gasteiger partial charge in [-0.1, -0.05) is 17.8 Å². The SMILES string of the molecule is CSc1nccc(-n2ccc3c(N4CCN(C(=O)OC(C)(C)C)CC4)cccc32)n1. The van der Waals surface area contributed by atoms with Crippen molar-refractivity contribution in [3.8, 4) is 5.82 Å². The van der Waals surface area contributed by atoms with Crippen LogP contribution in [0.15, 0.2) is 47.9 Å². The minimum atomic E-state index is -0.472. The lowest BCUT2D eigenvalue weighted by Crippen LogP contribution is -2.50. The van der Waals surface area contributed by atoms with Crippen LogP contribution in [0, 0.1) is 0 Å². The Morgan fingerprint density at radius 1 is 1.10 bits per heavy atom. The van der Waals surface area contributed by atoms with E-state index in [1.54, 1.807) is 11.1 Å². The van der Waals surface area contributed by atoms with Crippen molar-refractivity contribution in [3.05, 3.63) is 42.7 Å². The van der Waals surface area contributed by atoms with Crippen molar-refractivity contribution in [2.75, 3.05) is 37.3 Å². The molecule has 0 aliphatic carbocycles. The maximum absolute atomic E-state index is 12.3. The van der Waals surface area contributed by atoms with Gasteiger partial charge in [0.1, 0.15) is 11.4 Å². The largest absolute Gasteiger partial charge is 0.444 e. The van der Waals surface area contributed by atoms with Crippen molar-refractivity contribution in [2.45, 2.75) is 31.5 Å². The van der Waals surface area contributed by atoms with Gasteiger partial charge >= 0.3 is 6.09 Å². The molecule has 0 bridgehead atoms. The van der Waals surface area contributed by atoms with Crippen molar-refractivity contribution in [1.82, 2.24) is 19.4 Å². The van der Waals surface area contributed by atoms with Gasteiger partial charge in [-0.15, -0.1) is 0 Å². The molecule has 0 spiro atoms. The number of carbonyl (C=O) groups excluding carboxylic acids is 1. The zero-order valence-electron chi connectivity index (χ0n) is 17.8. The van der Waals surface area contributed by atoms with Gasteiger partial charge in [-0.25, -0.2) is 14.8 Å². The number of piperazine rings is 1. The molecular formula is C22H27N5O2S. The highest BCUT2D eigenvalue weighted by atomic mass is 32.2. The maximum atomic E-state index is 12.3. The van der Waals surface area contributed by atoms with Crippen molar-refractivity contribution in [1.29, 1.82) is 0 Å². The van der Waals surface area contributed by atoms with E-state index in [9.17, 15) is 4.79 Å². The van der Waals surface area contributed by atoms with Gasteiger partial charge in [-0.05, 0) is 51.3 Å². The molecule has 7 nitrogen and oxygen atoms in total. The third-order valence-electron chi connectivity index (χ3n) is 5.03. The van der Waals surface area contributed by atoms with Crippen molar-refractivity contribution >= 4 is 34.4 Å². The third kappa shape index (κ3) is 4.23. The van der Waals surface area contributed by atoms with Crippen LogP contribution in [0.5, 0.6) is 0 Å². The van der Waals surface area contributed by atoms with E-state index in [0.29, 0.717) is 13.1 Å². The summed E-state index contributed by atoms with van der Waals surface area (Å²) in [6.07, 6.45) is 5.58. The second-order valence-electron chi connectivity index (χ2n) is 8.25. The average Bonchev–Trinajstić information content (AvgIpc) is 3.17. The molecule has 0 saturated carbocycles. The summed E-state index contributed by atoms with van der Waals surface area (Å²) in [5, 5.41) is 1.93.